The van der Waals surface area contributed by atoms with Crippen LogP contribution < -0.4 is 10.5 Å². The van der Waals surface area contributed by atoms with E-state index in [1.54, 1.807) is 24.3 Å². The fourth-order valence-electron chi connectivity index (χ4n) is 1.89. The highest BCUT2D eigenvalue weighted by Gasteiger charge is 2.24. The van der Waals surface area contributed by atoms with Crippen LogP contribution in [0.1, 0.15) is 32.5 Å². The Morgan fingerprint density at radius 2 is 1.82 bits per heavy atom. The quantitative estimate of drug-likeness (QED) is 0.826. The molecule has 0 fully saturated rings. The van der Waals surface area contributed by atoms with Crippen molar-refractivity contribution in [1.82, 2.24) is 0 Å². The van der Waals surface area contributed by atoms with Crippen LogP contribution in [0.4, 0.5) is 4.39 Å². The predicted octanol–water partition coefficient (Wildman–Crippen LogP) is 3.33. The molecule has 2 nitrogen and oxygen atoms in total. The maximum atomic E-state index is 14.2. The van der Waals surface area contributed by atoms with Gasteiger partial charge < -0.3 is 10.5 Å². The molecule has 0 aliphatic carbocycles. The van der Waals surface area contributed by atoms with E-state index in [1.807, 2.05) is 20.8 Å². The first-order chi connectivity index (χ1) is 8.10. The van der Waals surface area contributed by atoms with Crippen molar-refractivity contribution in [2.75, 3.05) is 13.2 Å². The molecule has 0 heterocycles. The van der Waals surface area contributed by atoms with Gasteiger partial charge in [0.25, 0.3) is 0 Å². The number of rotatable bonds is 6. The summed E-state index contributed by atoms with van der Waals surface area (Å²) in [5.41, 5.74) is 6.30. The Labute approximate surface area is 103 Å². The SMILES string of the molecule is CCOc1ccc(C(F)C(CN)C(C)C)cc1. The predicted molar refractivity (Wildman–Crippen MR) is 68.8 cm³/mol. The number of hydrogen-bond acceptors (Lipinski definition) is 2. The minimum Gasteiger partial charge on any atom is -0.494 e. The smallest absolute Gasteiger partial charge is 0.129 e. The molecule has 0 aliphatic rings. The third kappa shape index (κ3) is 3.70. The molecule has 2 unspecified atom stereocenters. The van der Waals surface area contributed by atoms with Gasteiger partial charge in [0.1, 0.15) is 11.9 Å². The minimum absolute atomic E-state index is 0.132. The van der Waals surface area contributed by atoms with Gasteiger partial charge in [-0.05, 0) is 37.1 Å². The average Bonchev–Trinajstić information content (AvgIpc) is 2.30. The topological polar surface area (TPSA) is 35.2 Å². The van der Waals surface area contributed by atoms with Crippen LogP contribution in [0.3, 0.4) is 0 Å². The molecule has 3 heteroatoms. The highest BCUT2D eigenvalue weighted by molar-refractivity contribution is 5.29. The Morgan fingerprint density at radius 1 is 1.24 bits per heavy atom. The highest BCUT2D eigenvalue weighted by atomic mass is 19.1. The summed E-state index contributed by atoms with van der Waals surface area (Å²) in [5.74, 6) is 0.881. The second-order valence-corrected chi connectivity index (χ2v) is 4.55. The third-order valence-electron chi connectivity index (χ3n) is 3.01. The molecule has 2 N–H and O–H groups in total. The molecular formula is C14H22FNO. The average molecular weight is 239 g/mol. The van der Waals surface area contributed by atoms with Gasteiger partial charge in [0.2, 0.25) is 0 Å². The van der Waals surface area contributed by atoms with E-state index in [4.69, 9.17) is 10.5 Å². The van der Waals surface area contributed by atoms with Gasteiger partial charge in [0, 0.05) is 5.92 Å². The number of nitrogens with two attached hydrogens (primary N) is 1. The first-order valence-corrected chi connectivity index (χ1v) is 6.17. The minimum atomic E-state index is -1.00. The lowest BCUT2D eigenvalue weighted by molar-refractivity contribution is 0.188. The Bertz CT molecular complexity index is 323. The van der Waals surface area contributed by atoms with Gasteiger partial charge in [-0.3, -0.25) is 0 Å². The molecule has 0 spiro atoms. The fourth-order valence-corrected chi connectivity index (χ4v) is 1.89. The standard InChI is InChI=1S/C14H22FNO/c1-4-17-12-7-5-11(6-8-12)14(15)13(9-16)10(2)3/h5-8,10,13-14H,4,9,16H2,1-3H3. The van der Waals surface area contributed by atoms with Crippen LogP contribution in [-0.2, 0) is 0 Å². The maximum absolute atomic E-state index is 14.2. The monoisotopic (exact) mass is 239 g/mol. The van der Waals surface area contributed by atoms with Crippen molar-refractivity contribution in [3.63, 3.8) is 0 Å². The van der Waals surface area contributed by atoms with Crippen LogP contribution in [-0.4, -0.2) is 13.2 Å². The third-order valence-corrected chi connectivity index (χ3v) is 3.01. The van der Waals surface area contributed by atoms with E-state index < -0.39 is 6.17 Å². The molecule has 0 saturated carbocycles. The highest BCUT2D eigenvalue weighted by Crippen LogP contribution is 2.31. The summed E-state index contributed by atoms with van der Waals surface area (Å²) in [6, 6.07) is 7.17. The summed E-state index contributed by atoms with van der Waals surface area (Å²) in [7, 11) is 0. The Balaban J connectivity index is 2.77. The van der Waals surface area contributed by atoms with Crippen molar-refractivity contribution in [3.8, 4) is 5.75 Å². The lowest BCUT2D eigenvalue weighted by Gasteiger charge is -2.23. The summed E-state index contributed by atoms with van der Waals surface area (Å²) < 4.78 is 19.6. The van der Waals surface area contributed by atoms with Crippen molar-refractivity contribution in [3.05, 3.63) is 29.8 Å². The Morgan fingerprint density at radius 3 is 2.24 bits per heavy atom. The van der Waals surface area contributed by atoms with Gasteiger partial charge in [-0.1, -0.05) is 26.0 Å². The summed E-state index contributed by atoms with van der Waals surface area (Å²) in [6.07, 6.45) is -1.00. The largest absolute Gasteiger partial charge is 0.494 e. The van der Waals surface area contributed by atoms with Crippen molar-refractivity contribution < 1.29 is 9.13 Å². The molecule has 0 saturated heterocycles. The molecule has 2 atom stereocenters. The van der Waals surface area contributed by atoms with Gasteiger partial charge in [-0.25, -0.2) is 4.39 Å². The molecular weight excluding hydrogens is 217 g/mol. The number of alkyl halides is 1. The molecule has 1 aromatic carbocycles. The van der Waals surface area contributed by atoms with Crippen LogP contribution in [0, 0.1) is 11.8 Å². The van der Waals surface area contributed by atoms with Crippen molar-refractivity contribution in [1.29, 1.82) is 0 Å². The Kier molecular flexibility index (Phi) is 5.42. The summed E-state index contributed by atoms with van der Waals surface area (Å²) in [4.78, 5) is 0. The van der Waals surface area contributed by atoms with Gasteiger partial charge in [-0.15, -0.1) is 0 Å². The second kappa shape index (κ2) is 6.60. The fraction of sp³-hybridized carbons (Fsp3) is 0.571. The van der Waals surface area contributed by atoms with Crippen molar-refractivity contribution >= 4 is 0 Å². The van der Waals surface area contributed by atoms with Crippen LogP contribution in [0.25, 0.3) is 0 Å². The van der Waals surface area contributed by atoms with Crippen LogP contribution in [0.2, 0.25) is 0 Å². The zero-order valence-electron chi connectivity index (χ0n) is 10.8. The molecule has 17 heavy (non-hydrogen) atoms. The first kappa shape index (κ1) is 14.0. The zero-order valence-corrected chi connectivity index (χ0v) is 10.8. The molecule has 0 aromatic heterocycles. The van der Waals surface area contributed by atoms with E-state index in [1.165, 1.54) is 0 Å². The van der Waals surface area contributed by atoms with Crippen LogP contribution in [0.15, 0.2) is 24.3 Å². The summed E-state index contributed by atoms with van der Waals surface area (Å²) in [5, 5.41) is 0. The van der Waals surface area contributed by atoms with E-state index >= 15 is 0 Å². The van der Waals surface area contributed by atoms with E-state index in [9.17, 15) is 4.39 Å². The summed E-state index contributed by atoms with van der Waals surface area (Å²) in [6.45, 7) is 6.91. The van der Waals surface area contributed by atoms with Gasteiger partial charge in [-0.2, -0.15) is 0 Å². The van der Waals surface area contributed by atoms with Crippen molar-refractivity contribution in [2.45, 2.75) is 26.9 Å². The number of benzene rings is 1. The molecule has 1 aromatic rings. The van der Waals surface area contributed by atoms with E-state index in [0.717, 1.165) is 5.75 Å². The van der Waals surface area contributed by atoms with E-state index in [0.29, 0.717) is 18.7 Å². The van der Waals surface area contributed by atoms with Gasteiger partial charge >= 0.3 is 0 Å². The second-order valence-electron chi connectivity index (χ2n) is 4.55. The Hall–Kier alpha value is -1.09. The van der Waals surface area contributed by atoms with E-state index in [2.05, 4.69) is 0 Å². The maximum Gasteiger partial charge on any atom is 0.129 e. The van der Waals surface area contributed by atoms with E-state index in [-0.39, 0.29) is 11.8 Å². The molecule has 0 amide bonds. The molecule has 96 valence electrons. The van der Waals surface area contributed by atoms with Crippen LogP contribution >= 0.6 is 0 Å². The lowest BCUT2D eigenvalue weighted by atomic mass is 9.87. The normalized spacial score (nSPS) is 14.7. The zero-order chi connectivity index (χ0) is 12.8. The molecule has 0 aliphatic heterocycles. The first-order valence-electron chi connectivity index (χ1n) is 6.17. The summed E-state index contributed by atoms with van der Waals surface area (Å²) >= 11 is 0. The number of hydrogen-bond donors (Lipinski definition) is 1. The van der Waals surface area contributed by atoms with Gasteiger partial charge in [0.15, 0.2) is 0 Å². The van der Waals surface area contributed by atoms with Crippen LogP contribution in [0.5, 0.6) is 5.75 Å². The molecule has 0 radical (unpaired) electrons. The van der Waals surface area contributed by atoms with Gasteiger partial charge in [0.05, 0.1) is 6.61 Å². The molecule has 1 rings (SSSR count). The number of halogens is 1. The molecule has 0 bridgehead atoms. The number of ether oxygens (including phenoxy) is 1. The van der Waals surface area contributed by atoms with Crippen molar-refractivity contribution in [2.24, 2.45) is 17.6 Å². The lowest BCUT2D eigenvalue weighted by Crippen LogP contribution is -2.24.